The van der Waals surface area contributed by atoms with Crippen molar-refractivity contribution in [2.24, 2.45) is 0 Å². The first kappa shape index (κ1) is 14.9. The van der Waals surface area contributed by atoms with Crippen LogP contribution in [-0.4, -0.2) is 14.2 Å². The number of alkyl halides is 1. The fourth-order valence-corrected chi connectivity index (χ4v) is 2.38. The highest BCUT2D eigenvalue weighted by Crippen LogP contribution is 2.22. The van der Waals surface area contributed by atoms with E-state index in [1.165, 1.54) is 0 Å². The van der Waals surface area contributed by atoms with Gasteiger partial charge in [-0.25, -0.2) is 4.39 Å². The van der Waals surface area contributed by atoms with Gasteiger partial charge in [-0.1, -0.05) is 34.1 Å². The lowest BCUT2D eigenvalue weighted by atomic mass is 10.1. The predicted octanol–water partition coefficient (Wildman–Crippen LogP) is 4.37. The summed E-state index contributed by atoms with van der Waals surface area (Å²) in [6, 6.07) is 13.1. The Balaban J connectivity index is 2.12. The molecular formula is C16H17BrFNO. The van der Waals surface area contributed by atoms with E-state index < -0.39 is 0 Å². The second-order valence-electron chi connectivity index (χ2n) is 4.62. The van der Waals surface area contributed by atoms with E-state index in [4.69, 9.17) is 4.74 Å². The second-order valence-corrected chi connectivity index (χ2v) is 5.18. The minimum absolute atomic E-state index is 0.196. The normalized spacial score (nSPS) is 10.4. The Kier molecular flexibility index (Phi) is 5.01. The van der Waals surface area contributed by atoms with Crippen molar-refractivity contribution in [3.8, 4) is 5.75 Å². The van der Waals surface area contributed by atoms with Gasteiger partial charge in [-0.15, -0.1) is 0 Å². The summed E-state index contributed by atoms with van der Waals surface area (Å²) in [6.45, 7) is 0.647. The van der Waals surface area contributed by atoms with Crippen LogP contribution in [0.25, 0.3) is 0 Å². The van der Waals surface area contributed by atoms with Crippen LogP contribution in [0.4, 0.5) is 10.1 Å². The summed E-state index contributed by atoms with van der Waals surface area (Å²) in [5.74, 6) is 0.627. The molecule has 0 aliphatic carbocycles. The molecule has 0 saturated heterocycles. The van der Waals surface area contributed by atoms with Crippen molar-refractivity contribution < 1.29 is 9.13 Å². The summed E-state index contributed by atoms with van der Waals surface area (Å²) in [7, 11) is 3.53. The van der Waals surface area contributed by atoms with Crippen LogP contribution in [0.5, 0.6) is 5.75 Å². The third-order valence-electron chi connectivity index (χ3n) is 3.16. The van der Waals surface area contributed by atoms with Crippen molar-refractivity contribution in [2.75, 3.05) is 19.1 Å². The number of methoxy groups -OCH3 is 1. The van der Waals surface area contributed by atoms with Gasteiger partial charge in [0.15, 0.2) is 0 Å². The zero-order valence-corrected chi connectivity index (χ0v) is 13.2. The average molecular weight is 338 g/mol. The molecule has 20 heavy (non-hydrogen) atoms. The van der Waals surface area contributed by atoms with Crippen LogP contribution in [-0.2, 0) is 11.9 Å². The molecule has 0 atom stereocenters. The van der Waals surface area contributed by atoms with Crippen LogP contribution < -0.4 is 9.64 Å². The Bertz CT molecular complexity index is 571. The molecule has 2 aromatic carbocycles. The summed E-state index contributed by atoms with van der Waals surface area (Å²) in [4.78, 5) is 1.90. The lowest BCUT2D eigenvalue weighted by Crippen LogP contribution is -2.17. The summed E-state index contributed by atoms with van der Waals surface area (Å²) in [6.07, 6.45) is 0. The van der Waals surface area contributed by atoms with Crippen molar-refractivity contribution in [3.05, 3.63) is 59.4 Å². The molecule has 0 amide bonds. The zero-order valence-electron chi connectivity index (χ0n) is 11.6. The number of halogens is 2. The van der Waals surface area contributed by atoms with Gasteiger partial charge in [0, 0.05) is 18.9 Å². The van der Waals surface area contributed by atoms with E-state index in [0.29, 0.717) is 17.6 Å². The van der Waals surface area contributed by atoms with Crippen LogP contribution in [0.15, 0.2) is 42.5 Å². The number of rotatable bonds is 5. The van der Waals surface area contributed by atoms with E-state index in [1.54, 1.807) is 13.2 Å². The third-order valence-corrected chi connectivity index (χ3v) is 3.80. The van der Waals surface area contributed by atoms with Crippen LogP contribution >= 0.6 is 15.9 Å². The molecule has 0 radical (unpaired) electrons. The summed E-state index contributed by atoms with van der Waals surface area (Å²) >= 11 is 3.33. The molecule has 0 bridgehead atoms. The van der Waals surface area contributed by atoms with Crippen molar-refractivity contribution in [1.29, 1.82) is 0 Å². The van der Waals surface area contributed by atoms with E-state index in [-0.39, 0.29) is 5.82 Å². The maximum atomic E-state index is 14.0. The van der Waals surface area contributed by atoms with E-state index >= 15 is 0 Å². The SMILES string of the molecule is COc1ccc(CN(C)c2ccc(CBr)cc2F)cc1. The molecule has 0 aliphatic rings. The molecule has 0 N–H and O–H groups in total. The topological polar surface area (TPSA) is 12.5 Å². The number of hydrogen-bond acceptors (Lipinski definition) is 2. The van der Waals surface area contributed by atoms with E-state index in [2.05, 4.69) is 15.9 Å². The minimum atomic E-state index is -0.196. The number of nitrogens with zero attached hydrogens (tertiary/aromatic N) is 1. The first-order chi connectivity index (χ1) is 9.63. The highest BCUT2D eigenvalue weighted by molar-refractivity contribution is 9.08. The molecule has 0 saturated carbocycles. The lowest BCUT2D eigenvalue weighted by molar-refractivity contribution is 0.414. The molecule has 2 aromatic rings. The number of hydrogen-bond donors (Lipinski definition) is 0. The number of benzene rings is 2. The minimum Gasteiger partial charge on any atom is -0.497 e. The standard InChI is InChI=1S/C16H17BrFNO/c1-19(11-12-3-6-14(20-2)7-4-12)16-8-5-13(10-17)9-15(16)18/h3-9H,10-11H2,1-2H3. The summed E-state index contributed by atoms with van der Waals surface area (Å²) in [5, 5.41) is 0.659. The molecule has 0 heterocycles. The molecular weight excluding hydrogens is 321 g/mol. The molecule has 0 fully saturated rings. The smallest absolute Gasteiger partial charge is 0.146 e. The van der Waals surface area contributed by atoms with E-state index in [0.717, 1.165) is 16.9 Å². The van der Waals surface area contributed by atoms with Crippen LogP contribution in [0, 0.1) is 5.82 Å². The van der Waals surface area contributed by atoms with Gasteiger partial charge in [0.2, 0.25) is 0 Å². The fourth-order valence-electron chi connectivity index (χ4n) is 2.03. The van der Waals surface area contributed by atoms with Gasteiger partial charge in [0.25, 0.3) is 0 Å². The van der Waals surface area contributed by atoms with E-state index in [1.807, 2.05) is 48.3 Å². The van der Waals surface area contributed by atoms with Gasteiger partial charge in [-0.2, -0.15) is 0 Å². The second kappa shape index (κ2) is 6.75. The highest BCUT2D eigenvalue weighted by Gasteiger charge is 2.09. The van der Waals surface area contributed by atoms with Gasteiger partial charge in [0.1, 0.15) is 11.6 Å². The van der Waals surface area contributed by atoms with Crippen molar-refractivity contribution >= 4 is 21.6 Å². The Labute approximate surface area is 127 Å². The molecule has 2 rings (SSSR count). The van der Waals surface area contributed by atoms with Gasteiger partial charge in [0.05, 0.1) is 12.8 Å². The quantitative estimate of drug-likeness (QED) is 0.751. The zero-order chi connectivity index (χ0) is 14.5. The van der Waals surface area contributed by atoms with Crippen molar-refractivity contribution in [1.82, 2.24) is 0 Å². The molecule has 4 heteroatoms. The molecule has 0 aliphatic heterocycles. The van der Waals surface area contributed by atoms with Crippen LogP contribution in [0.1, 0.15) is 11.1 Å². The number of ether oxygens (including phenoxy) is 1. The van der Waals surface area contributed by atoms with Crippen molar-refractivity contribution in [3.63, 3.8) is 0 Å². The Hall–Kier alpha value is -1.55. The Morgan fingerprint density at radius 2 is 1.75 bits per heavy atom. The van der Waals surface area contributed by atoms with Gasteiger partial charge in [-0.3, -0.25) is 0 Å². The Morgan fingerprint density at radius 3 is 2.30 bits per heavy atom. The van der Waals surface area contributed by atoms with Crippen LogP contribution in [0.3, 0.4) is 0 Å². The maximum Gasteiger partial charge on any atom is 0.146 e. The molecule has 106 valence electrons. The summed E-state index contributed by atoms with van der Waals surface area (Å²) < 4.78 is 19.2. The number of anilines is 1. The summed E-state index contributed by atoms with van der Waals surface area (Å²) in [5.41, 5.74) is 2.65. The monoisotopic (exact) mass is 337 g/mol. The van der Waals surface area contributed by atoms with Gasteiger partial charge in [-0.05, 0) is 35.4 Å². The predicted molar refractivity (Wildman–Crippen MR) is 84.1 cm³/mol. The fraction of sp³-hybridized carbons (Fsp3) is 0.250. The highest BCUT2D eigenvalue weighted by atomic mass is 79.9. The Morgan fingerprint density at radius 1 is 1.10 bits per heavy atom. The molecule has 2 nitrogen and oxygen atoms in total. The first-order valence-electron chi connectivity index (χ1n) is 6.32. The lowest BCUT2D eigenvalue weighted by Gasteiger charge is -2.20. The maximum absolute atomic E-state index is 14.0. The van der Waals surface area contributed by atoms with Gasteiger partial charge >= 0.3 is 0 Å². The average Bonchev–Trinajstić information content (AvgIpc) is 2.47. The van der Waals surface area contributed by atoms with Crippen molar-refractivity contribution in [2.45, 2.75) is 11.9 Å². The molecule has 0 spiro atoms. The largest absolute Gasteiger partial charge is 0.497 e. The first-order valence-corrected chi connectivity index (χ1v) is 7.44. The third kappa shape index (κ3) is 3.51. The van der Waals surface area contributed by atoms with Gasteiger partial charge < -0.3 is 9.64 Å². The molecule has 0 unspecified atom stereocenters. The molecule has 0 aromatic heterocycles. The van der Waals surface area contributed by atoms with Crippen LogP contribution in [0.2, 0.25) is 0 Å². The van der Waals surface area contributed by atoms with E-state index in [9.17, 15) is 4.39 Å².